The number of benzene rings is 2. The molecule has 1 heterocycles. The maximum atomic E-state index is 12.4. The lowest BCUT2D eigenvalue weighted by atomic mass is 9.90. The second-order valence-electron chi connectivity index (χ2n) is 6.27. The Morgan fingerprint density at radius 3 is 2.23 bits per heavy atom. The van der Waals surface area contributed by atoms with E-state index in [1.807, 2.05) is 36.4 Å². The minimum Gasteiger partial charge on any atom is -0.453 e. The van der Waals surface area contributed by atoms with Crippen molar-refractivity contribution in [3.8, 4) is 0 Å². The first kappa shape index (κ1) is 18.9. The standard InChI is InChI=1S/C20H22O5S/c1-13-16(24-19(22)14-9-5-3-6-10-14)17(23-2)18(21)20(26,25-13)15-11-7-4-8-12-15/h3-13,16-18,21,26H,1-2H3/t13-,16-,17+,18-,20?/m1/s1. The Morgan fingerprint density at radius 1 is 1.08 bits per heavy atom. The second kappa shape index (κ2) is 7.80. The number of aliphatic hydroxyl groups excluding tert-OH is 1. The molecule has 0 amide bonds. The smallest absolute Gasteiger partial charge is 0.338 e. The summed E-state index contributed by atoms with van der Waals surface area (Å²) in [5, 5.41) is 10.9. The van der Waals surface area contributed by atoms with E-state index in [4.69, 9.17) is 14.2 Å². The van der Waals surface area contributed by atoms with Crippen molar-refractivity contribution in [2.45, 2.75) is 36.3 Å². The number of methoxy groups -OCH3 is 1. The third kappa shape index (κ3) is 3.50. The van der Waals surface area contributed by atoms with Crippen LogP contribution in [0.4, 0.5) is 0 Å². The van der Waals surface area contributed by atoms with Gasteiger partial charge in [0, 0.05) is 7.11 Å². The highest BCUT2D eigenvalue weighted by atomic mass is 32.1. The summed E-state index contributed by atoms with van der Waals surface area (Å²) in [5.41, 5.74) is 1.13. The number of esters is 1. The monoisotopic (exact) mass is 374 g/mol. The summed E-state index contributed by atoms with van der Waals surface area (Å²) < 4.78 is 17.1. The minimum absolute atomic E-state index is 0.426. The van der Waals surface area contributed by atoms with Gasteiger partial charge < -0.3 is 19.3 Å². The summed E-state index contributed by atoms with van der Waals surface area (Å²) in [7, 11) is 1.47. The maximum Gasteiger partial charge on any atom is 0.338 e. The van der Waals surface area contributed by atoms with Crippen LogP contribution in [0.5, 0.6) is 0 Å². The molecular formula is C20H22O5S. The van der Waals surface area contributed by atoms with Gasteiger partial charge in [0.2, 0.25) is 0 Å². The van der Waals surface area contributed by atoms with Crippen molar-refractivity contribution in [2.75, 3.05) is 7.11 Å². The number of hydrogen-bond donors (Lipinski definition) is 2. The highest BCUT2D eigenvalue weighted by Gasteiger charge is 2.54. The molecule has 0 spiro atoms. The molecule has 6 heteroatoms. The van der Waals surface area contributed by atoms with E-state index in [0.29, 0.717) is 11.1 Å². The van der Waals surface area contributed by atoms with Crippen LogP contribution in [-0.2, 0) is 19.1 Å². The van der Waals surface area contributed by atoms with Crippen molar-refractivity contribution in [1.29, 1.82) is 0 Å². The summed E-state index contributed by atoms with van der Waals surface area (Å²) in [4.78, 5) is 11.2. The van der Waals surface area contributed by atoms with Gasteiger partial charge in [-0.05, 0) is 24.6 Å². The number of aliphatic hydroxyl groups is 1. The molecule has 2 aromatic carbocycles. The van der Waals surface area contributed by atoms with Gasteiger partial charge in [-0.25, -0.2) is 4.79 Å². The first-order chi connectivity index (χ1) is 12.5. The molecule has 0 aromatic heterocycles. The van der Waals surface area contributed by atoms with Gasteiger partial charge in [0.05, 0.1) is 11.7 Å². The predicted molar refractivity (Wildman–Crippen MR) is 100 cm³/mol. The number of ether oxygens (including phenoxy) is 3. The summed E-state index contributed by atoms with van der Waals surface area (Å²) in [5.74, 6) is -0.494. The first-order valence-corrected chi connectivity index (χ1v) is 8.84. The van der Waals surface area contributed by atoms with Crippen LogP contribution in [0.15, 0.2) is 60.7 Å². The molecule has 0 aliphatic carbocycles. The number of hydrogen-bond acceptors (Lipinski definition) is 6. The molecule has 1 aliphatic rings. The van der Waals surface area contributed by atoms with E-state index >= 15 is 0 Å². The SMILES string of the molecule is CO[C@H]1[C@H](OC(=O)c2ccccc2)[C@@H](C)OC(S)(c2ccccc2)[C@@H]1O. The molecule has 5 atom stereocenters. The molecule has 5 nitrogen and oxygen atoms in total. The molecule has 0 saturated carbocycles. The summed E-state index contributed by atoms with van der Waals surface area (Å²) in [6, 6.07) is 17.9. The van der Waals surface area contributed by atoms with Gasteiger partial charge in [-0.2, -0.15) is 0 Å². The molecule has 1 unspecified atom stereocenters. The quantitative estimate of drug-likeness (QED) is 0.636. The largest absolute Gasteiger partial charge is 0.453 e. The third-order valence-corrected chi connectivity index (χ3v) is 5.20. The highest BCUT2D eigenvalue weighted by molar-refractivity contribution is 7.81. The van der Waals surface area contributed by atoms with Gasteiger partial charge >= 0.3 is 5.97 Å². The van der Waals surface area contributed by atoms with E-state index in [1.54, 1.807) is 31.2 Å². The lowest BCUT2D eigenvalue weighted by Crippen LogP contribution is -2.61. The van der Waals surface area contributed by atoms with Crippen molar-refractivity contribution < 1.29 is 24.1 Å². The zero-order chi connectivity index (χ0) is 18.7. The lowest BCUT2D eigenvalue weighted by molar-refractivity contribution is -0.240. The third-order valence-electron chi connectivity index (χ3n) is 4.58. The fourth-order valence-corrected chi connectivity index (χ4v) is 3.66. The van der Waals surface area contributed by atoms with E-state index in [9.17, 15) is 9.90 Å². The van der Waals surface area contributed by atoms with Crippen LogP contribution in [0.2, 0.25) is 0 Å². The number of thiol groups is 1. The predicted octanol–water partition coefficient (Wildman–Crippen LogP) is 2.79. The molecule has 1 N–H and O–H groups in total. The average Bonchev–Trinajstić information content (AvgIpc) is 2.67. The maximum absolute atomic E-state index is 12.4. The summed E-state index contributed by atoms with van der Waals surface area (Å²) >= 11 is 4.62. The Hall–Kier alpha value is -1.86. The molecule has 2 aromatic rings. The van der Waals surface area contributed by atoms with Gasteiger partial charge in [-0.15, -0.1) is 12.6 Å². The topological polar surface area (TPSA) is 65.0 Å². The number of rotatable bonds is 4. The minimum atomic E-state index is -1.27. The van der Waals surface area contributed by atoms with Crippen molar-refractivity contribution in [3.63, 3.8) is 0 Å². The zero-order valence-corrected chi connectivity index (χ0v) is 15.5. The van der Waals surface area contributed by atoms with E-state index in [2.05, 4.69) is 12.6 Å². The van der Waals surface area contributed by atoms with Crippen LogP contribution in [0.25, 0.3) is 0 Å². The Morgan fingerprint density at radius 2 is 1.65 bits per heavy atom. The van der Waals surface area contributed by atoms with Crippen molar-refractivity contribution in [2.24, 2.45) is 0 Å². The van der Waals surface area contributed by atoms with Crippen LogP contribution >= 0.6 is 12.6 Å². The summed E-state index contributed by atoms with van der Waals surface area (Å²) in [6.45, 7) is 1.77. The van der Waals surface area contributed by atoms with Crippen LogP contribution in [0.3, 0.4) is 0 Å². The molecule has 138 valence electrons. The van der Waals surface area contributed by atoms with E-state index in [-0.39, 0.29) is 0 Å². The average molecular weight is 374 g/mol. The Kier molecular flexibility index (Phi) is 5.67. The van der Waals surface area contributed by atoms with Gasteiger partial charge in [0.15, 0.2) is 11.0 Å². The molecule has 1 aliphatic heterocycles. The van der Waals surface area contributed by atoms with E-state index in [1.165, 1.54) is 7.11 Å². The molecule has 3 rings (SSSR count). The van der Waals surface area contributed by atoms with Gasteiger partial charge in [-0.3, -0.25) is 0 Å². The Balaban J connectivity index is 1.85. The Labute approximate surface area is 158 Å². The van der Waals surface area contributed by atoms with Gasteiger partial charge in [-0.1, -0.05) is 48.5 Å². The van der Waals surface area contributed by atoms with Crippen molar-refractivity contribution >= 4 is 18.6 Å². The summed E-state index contributed by atoms with van der Waals surface area (Å²) in [6.07, 6.45) is -3.23. The molecule has 0 bridgehead atoms. The molecule has 1 fully saturated rings. The molecule has 0 radical (unpaired) electrons. The fraction of sp³-hybridized carbons (Fsp3) is 0.350. The normalized spacial score (nSPS) is 31.4. The first-order valence-electron chi connectivity index (χ1n) is 8.40. The number of carbonyl (C=O) groups excluding carboxylic acids is 1. The molecule has 1 saturated heterocycles. The van der Waals surface area contributed by atoms with Crippen molar-refractivity contribution in [1.82, 2.24) is 0 Å². The molecule has 26 heavy (non-hydrogen) atoms. The van der Waals surface area contributed by atoms with Gasteiger partial charge in [0.25, 0.3) is 0 Å². The number of carbonyl (C=O) groups is 1. The highest BCUT2D eigenvalue weighted by Crippen LogP contribution is 2.43. The van der Waals surface area contributed by atoms with Crippen LogP contribution in [0.1, 0.15) is 22.8 Å². The van der Waals surface area contributed by atoms with E-state index in [0.717, 1.165) is 0 Å². The van der Waals surface area contributed by atoms with Gasteiger partial charge in [0.1, 0.15) is 12.2 Å². The van der Waals surface area contributed by atoms with Crippen LogP contribution in [-0.4, -0.2) is 42.6 Å². The second-order valence-corrected chi connectivity index (χ2v) is 6.93. The zero-order valence-electron chi connectivity index (χ0n) is 14.6. The van der Waals surface area contributed by atoms with Crippen LogP contribution in [0, 0.1) is 0 Å². The van der Waals surface area contributed by atoms with Crippen LogP contribution < -0.4 is 0 Å². The fourth-order valence-electron chi connectivity index (χ4n) is 3.20. The van der Waals surface area contributed by atoms with Crippen molar-refractivity contribution in [3.05, 3.63) is 71.8 Å². The lowest BCUT2D eigenvalue weighted by Gasteiger charge is -2.48. The molecular weight excluding hydrogens is 352 g/mol. The van der Waals surface area contributed by atoms with E-state index < -0.39 is 35.3 Å². The Bertz CT molecular complexity index is 738.